The first-order valence-corrected chi connectivity index (χ1v) is 6.81. The summed E-state index contributed by atoms with van der Waals surface area (Å²) >= 11 is 6.09. The van der Waals surface area contributed by atoms with Crippen LogP contribution in [0, 0.1) is 0 Å². The molecule has 0 radical (unpaired) electrons. The smallest absolute Gasteiger partial charge is 0.240 e. The van der Waals surface area contributed by atoms with Crippen LogP contribution in [0.15, 0.2) is 10.5 Å². The first kappa shape index (κ1) is 13.7. The van der Waals surface area contributed by atoms with Crippen molar-refractivity contribution in [1.29, 1.82) is 0 Å². The summed E-state index contributed by atoms with van der Waals surface area (Å²) in [6.45, 7) is -1.37. The van der Waals surface area contributed by atoms with Gasteiger partial charge in [-0.25, -0.2) is 26.6 Å². The molecule has 16 heavy (non-hydrogen) atoms. The maximum absolute atomic E-state index is 12.4. The number of rotatable bonds is 5. The molecule has 9 heteroatoms. The molecule has 0 aromatic carbocycles. The zero-order valence-electron chi connectivity index (χ0n) is 7.74. The minimum atomic E-state index is -4.16. The molecule has 3 nitrogen and oxygen atoms in total. The summed E-state index contributed by atoms with van der Waals surface area (Å²) in [4.78, 5) is 3.45. The van der Waals surface area contributed by atoms with Crippen molar-refractivity contribution in [3.63, 3.8) is 0 Å². The van der Waals surface area contributed by atoms with Crippen molar-refractivity contribution in [3.8, 4) is 0 Å². The third-order valence-electron chi connectivity index (χ3n) is 1.75. The van der Waals surface area contributed by atoms with Gasteiger partial charge in [-0.2, -0.15) is 0 Å². The summed E-state index contributed by atoms with van der Waals surface area (Å²) in [5.74, 6) is 0. The minimum absolute atomic E-state index is 0.105. The second-order valence-electron chi connectivity index (χ2n) is 2.88. The van der Waals surface area contributed by atoms with Crippen LogP contribution in [0.1, 0.15) is 6.42 Å². The summed E-state index contributed by atoms with van der Waals surface area (Å²) in [5, 5.41) is -1.77. The Hall–Kier alpha value is -0.340. The lowest BCUT2D eigenvalue weighted by molar-refractivity contribution is 0.132. The van der Waals surface area contributed by atoms with Crippen LogP contribution in [-0.4, -0.2) is 31.8 Å². The zero-order valence-corrected chi connectivity index (χ0v) is 10.1. The zero-order chi connectivity index (χ0) is 12.3. The van der Waals surface area contributed by atoms with Gasteiger partial charge in [0.05, 0.1) is 6.20 Å². The quantitative estimate of drug-likeness (QED) is 0.838. The number of aromatic nitrogens is 1. The monoisotopic (exact) mass is 293 g/mol. The van der Waals surface area contributed by atoms with Gasteiger partial charge >= 0.3 is 0 Å². The maximum atomic E-state index is 12.4. The molecule has 0 saturated heterocycles. The third kappa shape index (κ3) is 3.08. The van der Waals surface area contributed by atoms with Gasteiger partial charge in [-0.15, -0.1) is 0 Å². The fourth-order valence-corrected chi connectivity index (χ4v) is 3.96. The van der Waals surface area contributed by atoms with Crippen molar-refractivity contribution in [1.82, 2.24) is 4.98 Å². The largest absolute Gasteiger partial charge is 0.250 e. The molecular formula is C7H7ClF3NO2S2. The number of hydrogen-bond acceptors (Lipinski definition) is 4. The van der Waals surface area contributed by atoms with E-state index in [-0.39, 0.29) is 4.34 Å². The van der Waals surface area contributed by atoms with Gasteiger partial charge in [-0.05, 0) is 0 Å². The molecule has 92 valence electrons. The average Bonchev–Trinajstić information content (AvgIpc) is 2.61. The average molecular weight is 294 g/mol. The lowest BCUT2D eigenvalue weighted by Gasteiger charge is -2.11. The standard InChI is InChI=1S/C7H7ClF3NO2S2/c8-5-3-12-7(15-5)16(13,14)4(2-9)1-6(10)11/h3-4,6H,1-2H2. The number of halogens is 4. The van der Waals surface area contributed by atoms with Crippen molar-refractivity contribution in [3.05, 3.63) is 10.5 Å². The molecule has 1 aromatic heterocycles. The van der Waals surface area contributed by atoms with Crippen LogP contribution in [0.2, 0.25) is 4.34 Å². The van der Waals surface area contributed by atoms with Gasteiger partial charge < -0.3 is 0 Å². The van der Waals surface area contributed by atoms with Crippen molar-refractivity contribution in [2.24, 2.45) is 0 Å². The lowest BCUT2D eigenvalue weighted by atomic mass is 10.3. The molecule has 0 saturated carbocycles. The molecule has 1 heterocycles. The number of sulfone groups is 1. The van der Waals surface area contributed by atoms with Crippen LogP contribution in [-0.2, 0) is 9.84 Å². The molecule has 0 amide bonds. The van der Waals surface area contributed by atoms with Crippen LogP contribution in [0.3, 0.4) is 0 Å². The normalized spacial score (nSPS) is 14.3. The van der Waals surface area contributed by atoms with Gasteiger partial charge in [0.1, 0.15) is 16.3 Å². The summed E-state index contributed by atoms with van der Waals surface area (Å²) in [6, 6.07) is 0. The highest BCUT2D eigenvalue weighted by Gasteiger charge is 2.32. The Morgan fingerprint density at radius 1 is 1.50 bits per heavy atom. The van der Waals surface area contributed by atoms with Crippen LogP contribution in [0.25, 0.3) is 0 Å². The molecule has 0 aliphatic heterocycles. The van der Waals surface area contributed by atoms with E-state index in [9.17, 15) is 21.6 Å². The lowest BCUT2D eigenvalue weighted by Crippen LogP contribution is -2.26. The third-order valence-corrected chi connectivity index (χ3v) is 5.40. The highest BCUT2D eigenvalue weighted by Crippen LogP contribution is 2.27. The number of thiazole rings is 1. The van der Waals surface area contributed by atoms with Crippen molar-refractivity contribution >= 4 is 32.8 Å². The molecule has 0 fully saturated rings. The van der Waals surface area contributed by atoms with E-state index >= 15 is 0 Å². The molecular weight excluding hydrogens is 287 g/mol. The maximum Gasteiger partial charge on any atom is 0.240 e. The Labute approximate surface area is 99.2 Å². The number of alkyl halides is 3. The van der Waals surface area contributed by atoms with Gasteiger partial charge in [0.15, 0.2) is 0 Å². The molecule has 0 aliphatic carbocycles. The first-order valence-electron chi connectivity index (χ1n) is 4.07. The van der Waals surface area contributed by atoms with Gasteiger partial charge in [-0.3, -0.25) is 0 Å². The first-order chi connectivity index (χ1) is 7.37. The number of nitrogens with zero attached hydrogens (tertiary/aromatic N) is 1. The fourth-order valence-electron chi connectivity index (χ4n) is 0.985. The predicted octanol–water partition coefficient (Wildman–Crippen LogP) is 2.56. The van der Waals surface area contributed by atoms with Gasteiger partial charge in [0, 0.05) is 6.42 Å². The summed E-state index contributed by atoms with van der Waals surface area (Å²) < 4.78 is 59.5. The van der Waals surface area contributed by atoms with E-state index in [0.29, 0.717) is 11.3 Å². The SMILES string of the molecule is O=S(=O)(c1ncc(Cl)s1)C(CF)CC(F)F. The molecule has 0 bridgehead atoms. The van der Waals surface area contributed by atoms with E-state index in [1.165, 1.54) is 0 Å². The fraction of sp³-hybridized carbons (Fsp3) is 0.571. The summed E-state index contributed by atoms with van der Waals surface area (Å²) in [7, 11) is -4.16. The van der Waals surface area contributed by atoms with Crippen molar-refractivity contribution < 1.29 is 21.6 Å². The Morgan fingerprint density at radius 3 is 2.50 bits per heavy atom. The van der Waals surface area contributed by atoms with Crippen LogP contribution < -0.4 is 0 Å². The van der Waals surface area contributed by atoms with E-state index in [4.69, 9.17) is 11.6 Å². The topological polar surface area (TPSA) is 47.0 Å². The molecule has 0 spiro atoms. The van der Waals surface area contributed by atoms with E-state index < -0.39 is 38.9 Å². The van der Waals surface area contributed by atoms with E-state index in [1.54, 1.807) is 0 Å². The second kappa shape index (κ2) is 5.33. The van der Waals surface area contributed by atoms with Crippen molar-refractivity contribution in [2.45, 2.75) is 22.4 Å². The molecule has 0 aliphatic rings. The van der Waals surface area contributed by atoms with Crippen molar-refractivity contribution in [2.75, 3.05) is 6.67 Å². The molecule has 1 atom stereocenters. The predicted molar refractivity (Wildman–Crippen MR) is 54.7 cm³/mol. The highest BCUT2D eigenvalue weighted by atomic mass is 35.5. The minimum Gasteiger partial charge on any atom is -0.250 e. The van der Waals surface area contributed by atoms with Gasteiger partial charge in [0.25, 0.3) is 0 Å². The summed E-state index contributed by atoms with van der Waals surface area (Å²) in [5.41, 5.74) is 0. The molecule has 1 unspecified atom stereocenters. The Kier molecular flexibility index (Phi) is 4.57. The molecule has 0 N–H and O–H groups in total. The Bertz CT molecular complexity index is 448. The van der Waals surface area contributed by atoms with E-state index in [0.717, 1.165) is 6.20 Å². The Balaban J connectivity index is 2.99. The van der Waals surface area contributed by atoms with Gasteiger partial charge in [0.2, 0.25) is 20.6 Å². The second-order valence-corrected chi connectivity index (χ2v) is 6.94. The summed E-state index contributed by atoms with van der Waals surface area (Å²) in [6.07, 6.45) is -2.85. The molecule has 1 aromatic rings. The number of hydrogen-bond donors (Lipinski definition) is 0. The highest BCUT2D eigenvalue weighted by molar-refractivity contribution is 7.94. The van der Waals surface area contributed by atoms with Crippen LogP contribution in [0.5, 0.6) is 0 Å². The van der Waals surface area contributed by atoms with Crippen LogP contribution >= 0.6 is 22.9 Å². The van der Waals surface area contributed by atoms with E-state index in [1.807, 2.05) is 0 Å². The molecule has 1 rings (SSSR count). The van der Waals surface area contributed by atoms with Crippen LogP contribution in [0.4, 0.5) is 13.2 Å². The van der Waals surface area contributed by atoms with E-state index in [2.05, 4.69) is 4.98 Å². The Morgan fingerprint density at radius 2 is 2.12 bits per heavy atom. The van der Waals surface area contributed by atoms with Gasteiger partial charge in [-0.1, -0.05) is 22.9 Å².